The van der Waals surface area contributed by atoms with E-state index in [0.717, 1.165) is 41.5 Å². The van der Waals surface area contributed by atoms with Crippen molar-refractivity contribution in [3.05, 3.63) is 64.7 Å². The molecule has 1 aliphatic rings. The van der Waals surface area contributed by atoms with Gasteiger partial charge in [-0.05, 0) is 23.8 Å². The van der Waals surface area contributed by atoms with E-state index in [9.17, 15) is 5.11 Å². The summed E-state index contributed by atoms with van der Waals surface area (Å²) in [7, 11) is 0. The van der Waals surface area contributed by atoms with E-state index in [1.54, 1.807) is 0 Å². The first kappa shape index (κ1) is 17.2. The Morgan fingerprint density at radius 3 is 2.83 bits per heavy atom. The molecule has 1 fully saturated rings. The highest BCUT2D eigenvalue weighted by atomic mass is 35.5. The molecule has 3 rings (SSSR count). The highest BCUT2D eigenvalue weighted by Crippen LogP contribution is 2.19. The van der Waals surface area contributed by atoms with Gasteiger partial charge in [-0.3, -0.25) is 0 Å². The van der Waals surface area contributed by atoms with E-state index in [-0.39, 0.29) is 12.0 Å². The van der Waals surface area contributed by atoms with Crippen LogP contribution in [0.2, 0.25) is 5.02 Å². The first-order chi connectivity index (χ1) is 11.7. The Kier molecular flexibility index (Phi) is 6.10. The van der Waals surface area contributed by atoms with Crippen LogP contribution in [-0.2, 0) is 13.2 Å². The van der Waals surface area contributed by atoms with Gasteiger partial charge < -0.3 is 20.5 Å². The third-order valence-corrected chi connectivity index (χ3v) is 4.66. The van der Waals surface area contributed by atoms with Crippen molar-refractivity contribution < 1.29 is 9.84 Å². The van der Waals surface area contributed by atoms with Gasteiger partial charge in [-0.2, -0.15) is 0 Å². The SMILES string of the molecule is OC1CNCC1CNCc1cccc(OCc2ccccc2Cl)c1. The molecular formula is C19H23ClN2O2. The van der Waals surface area contributed by atoms with Gasteiger partial charge in [0, 0.05) is 42.7 Å². The van der Waals surface area contributed by atoms with Crippen molar-refractivity contribution >= 4 is 11.6 Å². The lowest BCUT2D eigenvalue weighted by Gasteiger charge is -2.14. The Labute approximate surface area is 147 Å². The Morgan fingerprint density at radius 2 is 2.04 bits per heavy atom. The second-order valence-corrected chi connectivity index (χ2v) is 6.55. The summed E-state index contributed by atoms with van der Waals surface area (Å²) in [4.78, 5) is 0. The number of halogens is 1. The van der Waals surface area contributed by atoms with E-state index in [1.165, 1.54) is 0 Å². The molecule has 2 unspecified atom stereocenters. The molecule has 0 radical (unpaired) electrons. The van der Waals surface area contributed by atoms with Gasteiger partial charge in [0.25, 0.3) is 0 Å². The summed E-state index contributed by atoms with van der Waals surface area (Å²) in [6.07, 6.45) is -0.247. The van der Waals surface area contributed by atoms with Crippen molar-refractivity contribution in [3.8, 4) is 5.75 Å². The first-order valence-electron chi connectivity index (χ1n) is 8.27. The predicted molar refractivity (Wildman–Crippen MR) is 96.3 cm³/mol. The molecule has 128 valence electrons. The molecule has 1 heterocycles. The smallest absolute Gasteiger partial charge is 0.120 e. The predicted octanol–water partition coefficient (Wildman–Crippen LogP) is 2.59. The third-order valence-electron chi connectivity index (χ3n) is 4.29. The topological polar surface area (TPSA) is 53.5 Å². The van der Waals surface area contributed by atoms with Crippen molar-refractivity contribution in [1.29, 1.82) is 0 Å². The minimum Gasteiger partial charge on any atom is -0.489 e. The number of hydrogen-bond donors (Lipinski definition) is 3. The molecule has 2 aromatic rings. The highest BCUT2D eigenvalue weighted by Gasteiger charge is 2.23. The molecule has 24 heavy (non-hydrogen) atoms. The van der Waals surface area contributed by atoms with Crippen molar-refractivity contribution in [2.24, 2.45) is 5.92 Å². The molecule has 5 heteroatoms. The van der Waals surface area contributed by atoms with Crippen LogP contribution in [0.1, 0.15) is 11.1 Å². The maximum absolute atomic E-state index is 9.80. The highest BCUT2D eigenvalue weighted by molar-refractivity contribution is 6.31. The van der Waals surface area contributed by atoms with Crippen LogP contribution in [0, 0.1) is 5.92 Å². The zero-order valence-electron chi connectivity index (χ0n) is 13.5. The van der Waals surface area contributed by atoms with Crippen molar-refractivity contribution in [2.45, 2.75) is 19.3 Å². The molecule has 0 spiro atoms. The monoisotopic (exact) mass is 346 g/mol. The van der Waals surface area contributed by atoms with Crippen molar-refractivity contribution in [1.82, 2.24) is 10.6 Å². The number of β-amino-alcohol motifs (C(OH)–C–C–N with tert-alkyl or cyclic N) is 1. The maximum Gasteiger partial charge on any atom is 0.120 e. The van der Waals surface area contributed by atoms with Gasteiger partial charge in [0.05, 0.1) is 6.10 Å². The lowest BCUT2D eigenvalue weighted by Crippen LogP contribution is -2.30. The van der Waals surface area contributed by atoms with Crippen molar-refractivity contribution in [3.63, 3.8) is 0 Å². The zero-order valence-corrected chi connectivity index (χ0v) is 14.3. The summed E-state index contributed by atoms with van der Waals surface area (Å²) in [6, 6.07) is 15.7. The van der Waals surface area contributed by atoms with Crippen LogP contribution in [0.3, 0.4) is 0 Å². The number of benzene rings is 2. The van der Waals surface area contributed by atoms with Gasteiger partial charge >= 0.3 is 0 Å². The molecule has 3 N–H and O–H groups in total. The fourth-order valence-electron chi connectivity index (χ4n) is 2.85. The Morgan fingerprint density at radius 1 is 1.17 bits per heavy atom. The van der Waals surface area contributed by atoms with Gasteiger partial charge in [0.2, 0.25) is 0 Å². The Hall–Kier alpha value is -1.59. The van der Waals surface area contributed by atoms with Gasteiger partial charge in [0.1, 0.15) is 12.4 Å². The average molecular weight is 347 g/mol. The van der Waals surface area contributed by atoms with E-state index in [0.29, 0.717) is 13.2 Å². The molecule has 4 nitrogen and oxygen atoms in total. The zero-order chi connectivity index (χ0) is 16.8. The average Bonchev–Trinajstić information content (AvgIpc) is 3.00. The van der Waals surface area contributed by atoms with Gasteiger partial charge in [0.15, 0.2) is 0 Å². The molecule has 2 aromatic carbocycles. The fraction of sp³-hybridized carbons (Fsp3) is 0.368. The fourth-order valence-corrected chi connectivity index (χ4v) is 3.04. The number of nitrogens with one attached hydrogen (secondary N) is 2. The minimum absolute atomic E-state index is 0.247. The second-order valence-electron chi connectivity index (χ2n) is 6.14. The van der Waals surface area contributed by atoms with Crippen LogP contribution in [-0.4, -0.2) is 30.8 Å². The van der Waals surface area contributed by atoms with E-state index >= 15 is 0 Å². The maximum atomic E-state index is 9.80. The lowest BCUT2D eigenvalue weighted by molar-refractivity contribution is 0.146. The quantitative estimate of drug-likeness (QED) is 0.721. The first-order valence-corrected chi connectivity index (χ1v) is 8.65. The van der Waals surface area contributed by atoms with Gasteiger partial charge in [-0.1, -0.05) is 41.9 Å². The van der Waals surface area contributed by atoms with E-state index in [2.05, 4.69) is 16.7 Å². The molecule has 0 saturated carbocycles. The van der Waals surface area contributed by atoms with Crippen LogP contribution in [0.15, 0.2) is 48.5 Å². The number of hydrogen-bond acceptors (Lipinski definition) is 4. The van der Waals surface area contributed by atoms with Crippen LogP contribution in [0.4, 0.5) is 0 Å². The van der Waals surface area contributed by atoms with Crippen LogP contribution < -0.4 is 15.4 Å². The normalized spacial score (nSPS) is 20.2. The van der Waals surface area contributed by atoms with Gasteiger partial charge in [-0.25, -0.2) is 0 Å². The molecule has 1 saturated heterocycles. The summed E-state index contributed by atoms with van der Waals surface area (Å²) in [5, 5.41) is 17.1. The van der Waals surface area contributed by atoms with Gasteiger partial charge in [-0.15, -0.1) is 0 Å². The summed E-state index contributed by atoms with van der Waals surface area (Å²) >= 11 is 6.15. The molecule has 0 amide bonds. The molecule has 0 aromatic heterocycles. The summed E-state index contributed by atoms with van der Waals surface area (Å²) < 4.78 is 5.85. The van der Waals surface area contributed by atoms with E-state index in [4.69, 9.17) is 16.3 Å². The summed E-state index contributed by atoms with van der Waals surface area (Å²) in [6.45, 7) is 3.58. The van der Waals surface area contributed by atoms with Crippen LogP contribution >= 0.6 is 11.6 Å². The Bertz CT molecular complexity index is 665. The third kappa shape index (κ3) is 4.71. The molecule has 2 atom stereocenters. The number of aliphatic hydroxyl groups excluding tert-OH is 1. The number of rotatable bonds is 7. The summed E-state index contributed by atoms with van der Waals surface area (Å²) in [5.74, 6) is 1.11. The number of ether oxygens (including phenoxy) is 1. The standard InChI is InChI=1S/C19H23ClN2O2/c20-18-7-2-1-5-15(18)13-24-17-6-3-4-14(8-17)9-21-10-16-11-22-12-19(16)23/h1-8,16,19,21-23H,9-13H2. The molecule has 0 aliphatic carbocycles. The van der Waals surface area contributed by atoms with E-state index in [1.807, 2.05) is 42.5 Å². The molecule has 1 aliphatic heterocycles. The lowest BCUT2D eigenvalue weighted by atomic mass is 10.1. The number of aliphatic hydroxyl groups is 1. The second kappa shape index (κ2) is 8.49. The molecular weight excluding hydrogens is 324 g/mol. The molecule has 0 bridgehead atoms. The van der Waals surface area contributed by atoms with Crippen LogP contribution in [0.25, 0.3) is 0 Å². The van der Waals surface area contributed by atoms with Crippen molar-refractivity contribution in [2.75, 3.05) is 19.6 Å². The Balaban J connectivity index is 1.49. The summed E-state index contributed by atoms with van der Waals surface area (Å²) in [5.41, 5.74) is 2.14. The minimum atomic E-state index is -0.247. The van der Waals surface area contributed by atoms with Crippen LogP contribution in [0.5, 0.6) is 5.75 Å². The van der Waals surface area contributed by atoms with E-state index < -0.39 is 0 Å². The largest absolute Gasteiger partial charge is 0.489 e.